The highest BCUT2D eigenvalue weighted by molar-refractivity contribution is 7.91. The number of benzene rings is 1. The van der Waals surface area contributed by atoms with E-state index in [9.17, 15) is 17.6 Å². The minimum absolute atomic E-state index is 0.236. The van der Waals surface area contributed by atoms with E-state index in [0.29, 0.717) is 17.3 Å². The number of aryl methyl sites for hydroxylation is 1. The lowest BCUT2D eigenvalue weighted by molar-refractivity contribution is 0.0697. The molecule has 0 unspecified atom stereocenters. The summed E-state index contributed by atoms with van der Waals surface area (Å²) in [5.41, 5.74) is 0.278. The summed E-state index contributed by atoms with van der Waals surface area (Å²) in [6, 6.07) is 8.91. The number of hydrogen-bond acceptors (Lipinski definition) is 4. The smallest absolute Gasteiger partial charge is 0.254 e. The fraction of sp³-hybridized carbons (Fsp3) is 0.312. The quantitative estimate of drug-likeness (QED) is 0.836. The molecule has 5 nitrogen and oxygen atoms in total. The number of amides is 1. The molecular formula is C16H17FN2O3S2. The summed E-state index contributed by atoms with van der Waals surface area (Å²) in [6.45, 7) is 2.91. The van der Waals surface area contributed by atoms with Crippen molar-refractivity contribution in [1.29, 1.82) is 0 Å². The number of carbonyl (C=O) groups excluding carboxylic acids is 1. The van der Waals surface area contributed by atoms with Crippen LogP contribution in [0.5, 0.6) is 0 Å². The average molecular weight is 368 g/mol. The van der Waals surface area contributed by atoms with E-state index in [-0.39, 0.29) is 24.6 Å². The Balaban J connectivity index is 1.68. The number of halogens is 1. The van der Waals surface area contributed by atoms with Gasteiger partial charge in [0.05, 0.1) is 0 Å². The molecule has 1 aliphatic rings. The summed E-state index contributed by atoms with van der Waals surface area (Å²) in [6.07, 6.45) is 0. The number of thiophene rings is 1. The Kier molecular flexibility index (Phi) is 4.71. The van der Waals surface area contributed by atoms with E-state index in [0.717, 1.165) is 4.88 Å². The molecule has 1 aromatic carbocycles. The van der Waals surface area contributed by atoms with Gasteiger partial charge < -0.3 is 4.90 Å². The molecule has 1 saturated heterocycles. The van der Waals surface area contributed by atoms with E-state index in [1.165, 1.54) is 33.8 Å². The molecule has 1 fully saturated rings. The summed E-state index contributed by atoms with van der Waals surface area (Å²) in [4.78, 5) is 14.9. The minimum atomic E-state index is -3.51. The zero-order valence-electron chi connectivity index (χ0n) is 13.1. The third-order valence-corrected chi connectivity index (χ3v) is 7.27. The minimum Gasteiger partial charge on any atom is -0.336 e. The molecule has 0 atom stereocenters. The van der Waals surface area contributed by atoms with Crippen LogP contribution in [0, 0.1) is 12.7 Å². The first kappa shape index (κ1) is 17.1. The lowest BCUT2D eigenvalue weighted by Gasteiger charge is -2.33. The summed E-state index contributed by atoms with van der Waals surface area (Å²) in [5, 5.41) is 0. The maximum atomic E-state index is 13.2. The van der Waals surface area contributed by atoms with Crippen molar-refractivity contribution >= 4 is 27.3 Å². The van der Waals surface area contributed by atoms with Crippen molar-refractivity contribution in [2.45, 2.75) is 11.1 Å². The van der Waals surface area contributed by atoms with Gasteiger partial charge in [0.25, 0.3) is 15.9 Å². The van der Waals surface area contributed by atoms with Crippen LogP contribution in [-0.4, -0.2) is 49.7 Å². The monoisotopic (exact) mass is 368 g/mol. The number of rotatable bonds is 3. The van der Waals surface area contributed by atoms with Crippen LogP contribution in [0.1, 0.15) is 15.2 Å². The summed E-state index contributed by atoms with van der Waals surface area (Å²) in [5.74, 6) is -0.742. The lowest BCUT2D eigenvalue weighted by Crippen LogP contribution is -2.50. The van der Waals surface area contributed by atoms with Gasteiger partial charge in [-0.1, -0.05) is 6.07 Å². The first-order chi connectivity index (χ1) is 11.4. The third-order valence-electron chi connectivity index (χ3n) is 3.91. The van der Waals surface area contributed by atoms with Gasteiger partial charge in [0.15, 0.2) is 0 Å². The van der Waals surface area contributed by atoms with Crippen molar-refractivity contribution in [3.63, 3.8) is 0 Å². The van der Waals surface area contributed by atoms with Crippen LogP contribution in [0.15, 0.2) is 40.6 Å². The average Bonchev–Trinajstić information content (AvgIpc) is 3.01. The third kappa shape index (κ3) is 3.35. The van der Waals surface area contributed by atoms with E-state index in [1.54, 1.807) is 23.1 Å². The van der Waals surface area contributed by atoms with Gasteiger partial charge in [-0.25, -0.2) is 12.8 Å². The molecule has 2 heterocycles. The molecule has 1 aliphatic heterocycles. The fourth-order valence-corrected chi connectivity index (χ4v) is 5.47. The summed E-state index contributed by atoms with van der Waals surface area (Å²) in [7, 11) is -3.51. The SMILES string of the molecule is Cc1ccc(S(=O)(=O)N2CCN(C(=O)c3cccc(F)c3)CC2)s1. The Morgan fingerprint density at radius 3 is 2.42 bits per heavy atom. The Hall–Kier alpha value is -1.77. The van der Waals surface area contributed by atoms with Crippen LogP contribution >= 0.6 is 11.3 Å². The van der Waals surface area contributed by atoms with Crippen molar-refractivity contribution in [3.05, 3.63) is 52.7 Å². The van der Waals surface area contributed by atoms with Crippen LogP contribution in [-0.2, 0) is 10.0 Å². The first-order valence-electron chi connectivity index (χ1n) is 7.49. The van der Waals surface area contributed by atoms with Gasteiger partial charge in [-0.15, -0.1) is 11.3 Å². The maximum absolute atomic E-state index is 13.2. The van der Waals surface area contributed by atoms with Gasteiger partial charge >= 0.3 is 0 Å². The van der Waals surface area contributed by atoms with Gasteiger partial charge in [-0.2, -0.15) is 4.31 Å². The molecule has 1 aromatic heterocycles. The standard InChI is InChI=1S/C16H17FN2O3S2/c1-12-5-6-15(23-12)24(21,22)19-9-7-18(8-10-19)16(20)13-3-2-4-14(17)11-13/h2-6,11H,7-10H2,1H3. The zero-order valence-corrected chi connectivity index (χ0v) is 14.7. The van der Waals surface area contributed by atoms with Gasteiger partial charge in [0.1, 0.15) is 10.0 Å². The molecule has 3 rings (SSSR count). The van der Waals surface area contributed by atoms with Crippen molar-refractivity contribution < 1.29 is 17.6 Å². The van der Waals surface area contributed by atoms with Crippen LogP contribution in [0.2, 0.25) is 0 Å². The highest BCUT2D eigenvalue weighted by atomic mass is 32.2. The second-order valence-corrected chi connectivity index (χ2v) is 9.02. The normalized spacial score (nSPS) is 16.3. The van der Waals surface area contributed by atoms with Gasteiger partial charge in [-0.05, 0) is 37.3 Å². The Morgan fingerprint density at radius 1 is 1.12 bits per heavy atom. The molecule has 0 bridgehead atoms. The molecule has 0 spiro atoms. The highest BCUT2D eigenvalue weighted by Crippen LogP contribution is 2.25. The largest absolute Gasteiger partial charge is 0.336 e. The van der Waals surface area contributed by atoms with Crippen molar-refractivity contribution in [1.82, 2.24) is 9.21 Å². The van der Waals surface area contributed by atoms with Crippen LogP contribution in [0.25, 0.3) is 0 Å². The number of carbonyl (C=O) groups is 1. The van der Waals surface area contributed by atoms with Gasteiger partial charge in [-0.3, -0.25) is 4.79 Å². The van der Waals surface area contributed by atoms with Crippen molar-refractivity contribution in [2.24, 2.45) is 0 Å². The van der Waals surface area contributed by atoms with Crippen LogP contribution in [0.4, 0.5) is 4.39 Å². The molecule has 1 amide bonds. The molecule has 8 heteroatoms. The Labute approximate surface area is 144 Å². The van der Waals surface area contributed by atoms with Crippen molar-refractivity contribution in [2.75, 3.05) is 26.2 Å². The number of nitrogens with zero attached hydrogens (tertiary/aromatic N) is 2. The van der Waals surface area contributed by atoms with Crippen molar-refractivity contribution in [3.8, 4) is 0 Å². The van der Waals surface area contributed by atoms with E-state index in [4.69, 9.17) is 0 Å². The topological polar surface area (TPSA) is 57.7 Å². The predicted molar refractivity (Wildman–Crippen MR) is 90.1 cm³/mol. The summed E-state index contributed by atoms with van der Waals surface area (Å²) >= 11 is 1.24. The maximum Gasteiger partial charge on any atom is 0.254 e. The zero-order chi connectivity index (χ0) is 17.3. The van der Waals surface area contributed by atoms with E-state index in [2.05, 4.69) is 0 Å². The number of sulfonamides is 1. The second-order valence-electron chi connectivity index (χ2n) is 5.57. The van der Waals surface area contributed by atoms with Gasteiger partial charge in [0, 0.05) is 36.6 Å². The molecule has 2 aromatic rings. The highest BCUT2D eigenvalue weighted by Gasteiger charge is 2.31. The predicted octanol–water partition coefficient (Wildman–Crippen LogP) is 2.34. The molecule has 24 heavy (non-hydrogen) atoms. The van der Waals surface area contributed by atoms with Crippen LogP contribution < -0.4 is 0 Å². The fourth-order valence-electron chi connectivity index (χ4n) is 2.61. The lowest BCUT2D eigenvalue weighted by atomic mass is 10.2. The Bertz CT molecular complexity index is 856. The molecule has 128 valence electrons. The molecule has 0 saturated carbocycles. The molecule has 0 N–H and O–H groups in total. The molecule has 0 aliphatic carbocycles. The van der Waals surface area contributed by atoms with Crippen LogP contribution in [0.3, 0.4) is 0 Å². The first-order valence-corrected chi connectivity index (χ1v) is 9.75. The molecular weight excluding hydrogens is 351 g/mol. The van der Waals surface area contributed by atoms with E-state index in [1.807, 2.05) is 6.92 Å². The van der Waals surface area contributed by atoms with E-state index < -0.39 is 15.8 Å². The summed E-state index contributed by atoms with van der Waals surface area (Å²) < 4.78 is 40.1. The number of piperazine rings is 1. The Morgan fingerprint density at radius 2 is 1.83 bits per heavy atom. The van der Waals surface area contributed by atoms with Gasteiger partial charge in [0.2, 0.25) is 0 Å². The second kappa shape index (κ2) is 6.62. The van der Waals surface area contributed by atoms with E-state index >= 15 is 0 Å². The molecule has 0 radical (unpaired) electrons. The number of hydrogen-bond donors (Lipinski definition) is 0.